The van der Waals surface area contributed by atoms with Gasteiger partial charge in [-0.2, -0.15) is 0 Å². The second-order valence-corrected chi connectivity index (χ2v) is 7.07. The molecule has 1 unspecified atom stereocenters. The normalized spacial score (nSPS) is 16.7. The van der Waals surface area contributed by atoms with E-state index in [0.717, 1.165) is 16.5 Å². The molecule has 0 bridgehead atoms. The van der Waals surface area contributed by atoms with Gasteiger partial charge in [-0.25, -0.2) is 4.39 Å². The number of hydrogen-bond acceptors (Lipinski definition) is 2. The molecular weight excluding hydrogens is 357 g/mol. The van der Waals surface area contributed by atoms with Gasteiger partial charge in [0.1, 0.15) is 11.9 Å². The van der Waals surface area contributed by atoms with E-state index in [-0.39, 0.29) is 17.6 Å². The van der Waals surface area contributed by atoms with Gasteiger partial charge in [0.15, 0.2) is 0 Å². The molecule has 1 aliphatic heterocycles. The van der Waals surface area contributed by atoms with Crippen LogP contribution >= 0.6 is 0 Å². The Hall–Kier alpha value is -3.15. The van der Waals surface area contributed by atoms with Crippen LogP contribution in [-0.4, -0.2) is 34.3 Å². The Morgan fingerprint density at radius 2 is 1.93 bits per heavy atom. The van der Waals surface area contributed by atoms with E-state index in [4.69, 9.17) is 0 Å². The molecule has 0 aliphatic carbocycles. The predicted octanol–water partition coefficient (Wildman–Crippen LogP) is 3.16. The molecule has 3 aromatic rings. The summed E-state index contributed by atoms with van der Waals surface area (Å²) in [4.78, 5) is 29.9. The van der Waals surface area contributed by atoms with Crippen LogP contribution in [0.3, 0.4) is 0 Å². The van der Waals surface area contributed by atoms with Crippen LogP contribution in [0, 0.1) is 5.82 Å². The number of amides is 2. The summed E-state index contributed by atoms with van der Waals surface area (Å²) in [5, 5.41) is 3.92. The molecule has 2 amide bonds. The highest BCUT2D eigenvalue weighted by Crippen LogP contribution is 2.25. The van der Waals surface area contributed by atoms with E-state index < -0.39 is 6.04 Å². The first-order valence-electron chi connectivity index (χ1n) is 9.49. The number of halogens is 1. The molecule has 1 aromatic heterocycles. The summed E-state index contributed by atoms with van der Waals surface area (Å²) >= 11 is 0. The average Bonchev–Trinajstić information content (AvgIpc) is 3.28. The highest BCUT2D eigenvalue weighted by molar-refractivity contribution is 5.91. The van der Waals surface area contributed by atoms with Gasteiger partial charge in [0, 0.05) is 36.6 Å². The zero-order valence-corrected chi connectivity index (χ0v) is 15.5. The Morgan fingerprint density at radius 3 is 2.79 bits per heavy atom. The van der Waals surface area contributed by atoms with Gasteiger partial charge in [0.2, 0.25) is 11.8 Å². The topological polar surface area (TPSA) is 65.2 Å². The van der Waals surface area contributed by atoms with Crippen molar-refractivity contribution in [1.29, 1.82) is 0 Å². The third kappa shape index (κ3) is 3.63. The summed E-state index contributed by atoms with van der Waals surface area (Å²) < 4.78 is 13.7. The zero-order chi connectivity index (χ0) is 19.5. The third-order valence-electron chi connectivity index (χ3n) is 5.30. The summed E-state index contributed by atoms with van der Waals surface area (Å²) in [5.74, 6) is -0.463. The maximum Gasteiger partial charge on any atom is 0.242 e. The van der Waals surface area contributed by atoms with Gasteiger partial charge in [-0.3, -0.25) is 9.59 Å². The average molecular weight is 379 g/mol. The molecule has 1 atom stereocenters. The summed E-state index contributed by atoms with van der Waals surface area (Å²) in [6.45, 7) is 0.736. The van der Waals surface area contributed by atoms with E-state index in [1.165, 1.54) is 6.07 Å². The van der Waals surface area contributed by atoms with E-state index >= 15 is 0 Å². The van der Waals surface area contributed by atoms with Crippen LogP contribution in [0.4, 0.5) is 4.39 Å². The van der Waals surface area contributed by atoms with Crippen molar-refractivity contribution in [3.05, 3.63) is 71.7 Å². The first-order valence-corrected chi connectivity index (χ1v) is 9.49. The Bertz CT molecular complexity index is 1010. The molecule has 1 fully saturated rings. The SMILES string of the molecule is O=C(NCCc1ccccc1F)C1CCC(=O)N1Cc1c[nH]c2ccccc12. The molecule has 0 saturated carbocycles. The highest BCUT2D eigenvalue weighted by Gasteiger charge is 2.36. The fourth-order valence-corrected chi connectivity index (χ4v) is 3.79. The van der Waals surface area contributed by atoms with E-state index in [2.05, 4.69) is 10.3 Å². The zero-order valence-electron chi connectivity index (χ0n) is 15.5. The van der Waals surface area contributed by atoms with Crippen LogP contribution in [0.25, 0.3) is 10.9 Å². The highest BCUT2D eigenvalue weighted by atomic mass is 19.1. The van der Waals surface area contributed by atoms with Gasteiger partial charge in [0.05, 0.1) is 0 Å². The predicted molar refractivity (Wildman–Crippen MR) is 105 cm³/mol. The van der Waals surface area contributed by atoms with E-state index in [1.807, 2.05) is 30.5 Å². The number of carbonyl (C=O) groups excluding carboxylic acids is 2. The molecule has 6 heteroatoms. The maximum absolute atomic E-state index is 13.7. The number of nitrogens with zero attached hydrogens (tertiary/aromatic N) is 1. The Kier molecular flexibility index (Phi) is 5.10. The minimum atomic E-state index is -0.484. The van der Waals surface area contributed by atoms with Crippen molar-refractivity contribution in [2.24, 2.45) is 0 Å². The second-order valence-electron chi connectivity index (χ2n) is 7.07. The standard InChI is InChI=1S/C22H22FN3O2/c23-18-7-3-1-5-15(18)11-12-24-22(28)20-9-10-21(27)26(20)14-16-13-25-19-8-4-2-6-17(16)19/h1-8,13,20,25H,9-12,14H2,(H,24,28). The molecule has 2 heterocycles. The van der Waals surface area contributed by atoms with Crippen LogP contribution in [0.1, 0.15) is 24.0 Å². The lowest BCUT2D eigenvalue weighted by Crippen LogP contribution is -2.44. The number of H-pyrrole nitrogens is 1. The lowest BCUT2D eigenvalue weighted by atomic mass is 10.1. The number of aromatic amines is 1. The van der Waals surface area contributed by atoms with E-state index in [1.54, 1.807) is 23.1 Å². The van der Waals surface area contributed by atoms with Crippen LogP contribution in [0.2, 0.25) is 0 Å². The fourth-order valence-electron chi connectivity index (χ4n) is 3.79. The molecule has 144 valence electrons. The van der Waals surface area contributed by atoms with Crippen LogP contribution in [0.5, 0.6) is 0 Å². The molecule has 1 saturated heterocycles. The molecule has 2 N–H and O–H groups in total. The number of likely N-dealkylation sites (tertiary alicyclic amines) is 1. The number of aromatic nitrogens is 1. The van der Waals surface area contributed by atoms with Crippen molar-refractivity contribution in [2.45, 2.75) is 31.8 Å². The molecule has 0 spiro atoms. The van der Waals surface area contributed by atoms with Gasteiger partial charge in [-0.05, 0) is 36.1 Å². The van der Waals surface area contributed by atoms with E-state index in [0.29, 0.717) is 37.9 Å². The van der Waals surface area contributed by atoms with Crippen molar-refractivity contribution < 1.29 is 14.0 Å². The van der Waals surface area contributed by atoms with Crippen molar-refractivity contribution in [2.75, 3.05) is 6.54 Å². The summed E-state index contributed by atoms with van der Waals surface area (Å²) in [5.41, 5.74) is 2.57. The van der Waals surface area contributed by atoms with Crippen LogP contribution in [0.15, 0.2) is 54.7 Å². The number of benzene rings is 2. The lowest BCUT2D eigenvalue weighted by Gasteiger charge is -2.24. The van der Waals surface area contributed by atoms with Gasteiger partial charge >= 0.3 is 0 Å². The van der Waals surface area contributed by atoms with Crippen molar-refractivity contribution in [3.8, 4) is 0 Å². The van der Waals surface area contributed by atoms with Crippen molar-refractivity contribution in [1.82, 2.24) is 15.2 Å². The fraction of sp³-hybridized carbons (Fsp3) is 0.273. The van der Waals surface area contributed by atoms with Crippen LogP contribution in [-0.2, 0) is 22.6 Å². The van der Waals surface area contributed by atoms with Gasteiger partial charge in [0.25, 0.3) is 0 Å². The van der Waals surface area contributed by atoms with E-state index in [9.17, 15) is 14.0 Å². The third-order valence-corrected chi connectivity index (χ3v) is 5.30. The number of hydrogen-bond donors (Lipinski definition) is 2. The molecule has 1 aliphatic rings. The summed E-state index contributed by atoms with van der Waals surface area (Å²) in [6, 6.07) is 14.0. The minimum Gasteiger partial charge on any atom is -0.361 e. The first kappa shape index (κ1) is 18.2. The largest absolute Gasteiger partial charge is 0.361 e. The van der Waals surface area contributed by atoms with Gasteiger partial charge < -0.3 is 15.2 Å². The van der Waals surface area contributed by atoms with Gasteiger partial charge in [-0.15, -0.1) is 0 Å². The quantitative estimate of drug-likeness (QED) is 0.691. The number of rotatable bonds is 6. The molecule has 28 heavy (non-hydrogen) atoms. The Labute approximate surface area is 162 Å². The Morgan fingerprint density at radius 1 is 1.14 bits per heavy atom. The second kappa shape index (κ2) is 7.84. The summed E-state index contributed by atoms with van der Waals surface area (Å²) in [6.07, 6.45) is 3.19. The molecular formula is C22H22FN3O2. The molecule has 2 aromatic carbocycles. The minimum absolute atomic E-state index is 0.0143. The van der Waals surface area contributed by atoms with Gasteiger partial charge in [-0.1, -0.05) is 36.4 Å². The van der Waals surface area contributed by atoms with Crippen molar-refractivity contribution in [3.63, 3.8) is 0 Å². The lowest BCUT2D eigenvalue weighted by molar-refractivity contribution is -0.135. The maximum atomic E-state index is 13.7. The molecule has 0 radical (unpaired) electrons. The van der Waals surface area contributed by atoms with Crippen LogP contribution < -0.4 is 5.32 Å². The molecule has 5 nitrogen and oxygen atoms in total. The summed E-state index contributed by atoms with van der Waals surface area (Å²) in [7, 11) is 0. The number of carbonyl (C=O) groups is 2. The number of fused-ring (bicyclic) bond motifs is 1. The first-order chi connectivity index (χ1) is 13.6. The Balaban J connectivity index is 1.41. The number of nitrogens with one attached hydrogen (secondary N) is 2. The number of para-hydroxylation sites is 1. The smallest absolute Gasteiger partial charge is 0.242 e. The van der Waals surface area contributed by atoms with Crippen molar-refractivity contribution >= 4 is 22.7 Å². The monoisotopic (exact) mass is 379 g/mol. The molecule has 4 rings (SSSR count).